The standard InChI is InChI=1S/C10H14FN3/c1-13(2)8-6-14(7-8)10-5-3-4-9(11)12-10/h3-5,8H,6-7H2,1-2H3. The third kappa shape index (κ3) is 1.70. The molecule has 1 fully saturated rings. The number of rotatable bonds is 2. The van der Waals surface area contributed by atoms with E-state index in [2.05, 4.69) is 28.9 Å². The summed E-state index contributed by atoms with van der Waals surface area (Å²) in [7, 11) is 4.11. The topological polar surface area (TPSA) is 19.4 Å². The summed E-state index contributed by atoms with van der Waals surface area (Å²) in [4.78, 5) is 8.08. The van der Waals surface area contributed by atoms with Crippen molar-refractivity contribution in [2.45, 2.75) is 6.04 Å². The summed E-state index contributed by atoms with van der Waals surface area (Å²) >= 11 is 0. The summed E-state index contributed by atoms with van der Waals surface area (Å²) in [5.41, 5.74) is 0. The quantitative estimate of drug-likeness (QED) is 0.655. The number of pyridine rings is 1. The van der Waals surface area contributed by atoms with Gasteiger partial charge in [0, 0.05) is 19.1 Å². The minimum Gasteiger partial charge on any atom is -0.353 e. The van der Waals surface area contributed by atoms with Gasteiger partial charge in [0.2, 0.25) is 5.95 Å². The predicted octanol–water partition coefficient (Wildman–Crippen LogP) is 0.971. The van der Waals surface area contributed by atoms with E-state index in [4.69, 9.17) is 0 Å². The van der Waals surface area contributed by atoms with Crippen LogP contribution in [0, 0.1) is 5.95 Å². The molecule has 0 unspecified atom stereocenters. The molecular formula is C10H14FN3. The number of nitrogens with zero attached hydrogens (tertiary/aromatic N) is 3. The van der Waals surface area contributed by atoms with Crippen LogP contribution < -0.4 is 4.90 Å². The Hall–Kier alpha value is -1.16. The van der Waals surface area contributed by atoms with Crippen molar-refractivity contribution in [1.29, 1.82) is 0 Å². The number of halogens is 1. The summed E-state index contributed by atoms with van der Waals surface area (Å²) < 4.78 is 12.8. The van der Waals surface area contributed by atoms with Gasteiger partial charge in [-0.15, -0.1) is 0 Å². The Balaban J connectivity index is 2.00. The van der Waals surface area contributed by atoms with Crippen molar-refractivity contribution in [1.82, 2.24) is 9.88 Å². The second-order valence-electron chi connectivity index (χ2n) is 3.84. The normalized spacial score (nSPS) is 17.3. The molecule has 0 spiro atoms. The van der Waals surface area contributed by atoms with E-state index in [0.717, 1.165) is 18.9 Å². The van der Waals surface area contributed by atoms with Gasteiger partial charge in [0.15, 0.2) is 0 Å². The van der Waals surface area contributed by atoms with Gasteiger partial charge in [0.1, 0.15) is 5.82 Å². The fourth-order valence-electron chi connectivity index (χ4n) is 1.54. The number of aromatic nitrogens is 1. The van der Waals surface area contributed by atoms with Crippen LogP contribution in [0.2, 0.25) is 0 Å². The average molecular weight is 195 g/mol. The van der Waals surface area contributed by atoms with Gasteiger partial charge in [-0.2, -0.15) is 4.39 Å². The van der Waals surface area contributed by atoms with Gasteiger partial charge in [0.25, 0.3) is 0 Å². The lowest BCUT2D eigenvalue weighted by atomic mass is 10.1. The molecule has 0 aliphatic carbocycles. The summed E-state index contributed by atoms with van der Waals surface area (Å²) in [6.07, 6.45) is 0. The maximum absolute atomic E-state index is 12.8. The second-order valence-corrected chi connectivity index (χ2v) is 3.84. The Morgan fingerprint density at radius 1 is 1.43 bits per heavy atom. The molecule has 2 heterocycles. The third-order valence-corrected chi connectivity index (χ3v) is 2.62. The molecule has 76 valence electrons. The first-order valence-electron chi connectivity index (χ1n) is 4.71. The Kier molecular flexibility index (Phi) is 2.37. The molecule has 1 aliphatic heterocycles. The van der Waals surface area contributed by atoms with E-state index in [-0.39, 0.29) is 0 Å². The first-order valence-corrected chi connectivity index (χ1v) is 4.71. The van der Waals surface area contributed by atoms with Crippen molar-refractivity contribution in [2.24, 2.45) is 0 Å². The van der Waals surface area contributed by atoms with E-state index in [1.54, 1.807) is 6.07 Å². The van der Waals surface area contributed by atoms with Crippen molar-refractivity contribution in [3.8, 4) is 0 Å². The Labute approximate surface area is 83.2 Å². The monoisotopic (exact) mass is 195 g/mol. The summed E-state index contributed by atoms with van der Waals surface area (Å²) in [6.45, 7) is 1.87. The number of hydrogen-bond donors (Lipinski definition) is 0. The number of anilines is 1. The maximum atomic E-state index is 12.8. The molecule has 14 heavy (non-hydrogen) atoms. The van der Waals surface area contributed by atoms with Gasteiger partial charge in [-0.3, -0.25) is 0 Å². The zero-order valence-corrected chi connectivity index (χ0v) is 8.44. The fraction of sp³-hybridized carbons (Fsp3) is 0.500. The van der Waals surface area contributed by atoms with E-state index in [0.29, 0.717) is 6.04 Å². The first kappa shape index (κ1) is 9.40. The molecular weight excluding hydrogens is 181 g/mol. The van der Waals surface area contributed by atoms with Crippen molar-refractivity contribution in [3.63, 3.8) is 0 Å². The van der Waals surface area contributed by atoms with Gasteiger partial charge in [-0.05, 0) is 26.2 Å². The van der Waals surface area contributed by atoms with Gasteiger partial charge in [-0.25, -0.2) is 4.98 Å². The smallest absolute Gasteiger partial charge is 0.214 e. The highest BCUT2D eigenvalue weighted by molar-refractivity contribution is 5.42. The lowest BCUT2D eigenvalue weighted by Crippen LogP contribution is -2.57. The van der Waals surface area contributed by atoms with Crippen LogP contribution in [0.5, 0.6) is 0 Å². The first-order chi connectivity index (χ1) is 6.66. The van der Waals surface area contributed by atoms with Crippen LogP contribution in [0.15, 0.2) is 18.2 Å². The molecule has 0 aromatic carbocycles. The molecule has 0 atom stereocenters. The van der Waals surface area contributed by atoms with Crippen molar-refractivity contribution >= 4 is 5.82 Å². The lowest BCUT2D eigenvalue weighted by Gasteiger charge is -2.43. The maximum Gasteiger partial charge on any atom is 0.214 e. The fourth-order valence-corrected chi connectivity index (χ4v) is 1.54. The second kappa shape index (κ2) is 3.53. The van der Waals surface area contributed by atoms with E-state index in [1.807, 2.05) is 6.07 Å². The summed E-state index contributed by atoms with van der Waals surface area (Å²) in [6, 6.07) is 5.47. The molecule has 1 aliphatic rings. The van der Waals surface area contributed by atoms with E-state index in [1.165, 1.54) is 6.07 Å². The Bertz CT molecular complexity index is 321. The molecule has 2 rings (SSSR count). The summed E-state index contributed by atoms with van der Waals surface area (Å²) in [5, 5.41) is 0. The molecule has 0 bridgehead atoms. The van der Waals surface area contributed by atoms with Crippen LogP contribution in [0.1, 0.15) is 0 Å². The molecule has 0 amide bonds. The van der Waals surface area contributed by atoms with Gasteiger partial charge in [0.05, 0.1) is 0 Å². The molecule has 1 aromatic rings. The highest BCUT2D eigenvalue weighted by Crippen LogP contribution is 2.20. The van der Waals surface area contributed by atoms with Gasteiger partial charge < -0.3 is 9.80 Å². The van der Waals surface area contributed by atoms with Gasteiger partial charge in [-0.1, -0.05) is 6.07 Å². The van der Waals surface area contributed by atoms with Crippen LogP contribution in [0.25, 0.3) is 0 Å². The third-order valence-electron chi connectivity index (χ3n) is 2.62. The highest BCUT2D eigenvalue weighted by atomic mass is 19.1. The van der Waals surface area contributed by atoms with E-state index >= 15 is 0 Å². The van der Waals surface area contributed by atoms with Crippen LogP contribution in [-0.4, -0.2) is 43.1 Å². The summed E-state index contributed by atoms with van der Waals surface area (Å²) in [5.74, 6) is 0.332. The number of likely N-dealkylation sites (N-methyl/N-ethyl adjacent to an activating group) is 1. The minimum absolute atomic E-state index is 0.407. The Morgan fingerprint density at radius 3 is 2.71 bits per heavy atom. The van der Waals surface area contributed by atoms with Crippen LogP contribution >= 0.6 is 0 Å². The van der Waals surface area contributed by atoms with Crippen LogP contribution in [0.4, 0.5) is 10.2 Å². The average Bonchev–Trinajstić information content (AvgIpc) is 2.00. The van der Waals surface area contributed by atoms with Gasteiger partial charge >= 0.3 is 0 Å². The zero-order chi connectivity index (χ0) is 10.1. The lowest BCUT2D eigenvalue weighted by molar-refractivity contribution is 0.246. The van der Waals surface area contributed by atoms with Crippen molar-refractivity contribution in [3.05, 3.63) is 24.1 Å². The highest BCUT2D eigenvalue weighted by Gasteiger charge is 2.29. The van der Waals surface area contributed by atoms with Crippen molar-refractivity contribution in [2.75, 3.05) is 32.1 Å². The number of hydrogen-bond acceptors (Lipinski definition) is 3. The SMILES string of the molecule is CN(C)C1CN(c2cccc(F)n2)C1. The molecule has 4 heteroatoms. The Morgan fingerprint density at radius 2 is 2.14 bits per heavy atom. The van der Waals surface area contributed by atoms with Crippen LogP contribution in [-0.2, 0) is 0 Å². The molecule has 3 nitrogen and oxygen atoms in total. The molecule has 0 radical (unpaired) electrons. The molecule has 1 aromatic heterocycles. The molecule has 0 saturated carbocycles. The minimum atomic E-state index is -0.407. The van der Waals surface area contributed by atoms with Crippen molar-refractivity contribution < 1.29 is 4.39 Å². The predicted molar refractivity (Wildman–Crippen MR) is 53.9 cm³/mol. The largest absolute Gasteiger partial charge is 0.353 e. The molecule has 1 saturated heterocycles. The molecule has 0 N–H and O–H groups in total. The zero-order valence-electron chi connectivity index (χ0n) is 8.44. The van der Waals surface area contributed by atoms with Crippen LogP contribution in [0.3, 0.4) is 0 Å². The van der Waals surface area contributed by atoms with E-state index in [9.17, 15) is 4.39 Å². The van der Waals surface area contributed by atoms with E-state index < -0.39 is 5.95 Å².